The van der Waals surface area contributed by atoms with E-state index in [1.54, 1.807) is 21.1 Å². The van der Waals surface area contributed by atoms with Crippen molar-refractivity contribution >= 4 is 23.2 Å². The van der Waals surface area contributed by atoms with Gasteiger partial charge >= 0.3 is 0 Å². The van der Waals surface area contributed by atoms with Crippen molar-refractivity contribution < 1.29 is 9.59 Å². The predicted molar refractivity (Wildman–Crippen MR) is 71.7 cm³/mol. The molecule has 2 atom stereocenters. The molecular formula is C13H17N3O2S. The average molecular weight is 279 g/mol. The van der Waals surface area contributed by atoms with Gasteiger partial charge in [-0.2, -0.15) is 0 Å². The van der Waals surface area contributed by atoms with Gasteiger partial charge in [-0.15, -0.1) is 11.3 Å². The van der Waals surface area contributed by atoms with E-state index in [9.17, 15) is 9.59 Å². The van der Waals surface area contributed by atoms with Crippen LogP contribution < -0.4 is 0 Å². The first kappa shape index (κ1) is 12.6. The van der Waals surface area contributed by atoms with E-state index in [-0.39, 0.29) is 30.4 Å². The lowest BCUT2D eigenvalue weighted by atomic mass is 10.1. The lowest BCUT2D eigenvalue weighted by molar-refractivity contribution is -0.155. The zero-order valence-electron chi connectivity index (χ0n) is 11.1. The Kier molecular flexibility index (Phi) is 3.05. The molecule has 2 saturated heterocycles. The molecule has 2 fully saturated rings. The summed E-state index contributed by atoms with van der Waals surface area (Å²) in [5.41, 5.74) is 0.963. The summed E-state index contributed by atoms with van der Waals surface area (Å²) < 4.78 is 0. The lowest BCUT2D eigenvalue weighted by Crippen LogP contribution is -2.57. The molecule has 19 heavy (non-hydrogen) atoms. The minimum atomic E-state index is -0.232. The fraction of sp³-hybridized carbons (Fsp3) is 0.615. The number of amides is 2. The van der Waals surface area contributed by atoms with Crippen molar-refractivity contribution in [1.82, 2.24) is 14.8 Å². The first-order valence-corrected chi connectivity index (χ1v) is 7.48. The van der Waals surface area contributed by atoms with Crippen LogP contribution in [0.4, 0.5) is 0 Å². The van der Waals surface area contributed by atoms with Gasteiger partial charge in [-0.05, 0) is 26.7 Å². The molecule has 6 heteroatoms. The third-order valence-corrected chi connectivity index (χ3v) is 5.04. The van der Waals surface area contributed by atoms with E-state index in [1.807, 2.05) is 19.2 Å². The molecule has 5 nitrogen and oxygen atoms in total. The number of piperazine rings is 1. The molecule has 0 saturated carbocycles. The molecule has 0 radical (unpaired) electrons. The van der Waals surface area contributed by atoms with E-state index in [2.05, 4.69) is 4.98 Å². The van der Waals surface area contributed by atoms with Crippen LogP contribution in [0.15, 0.2) is 5.38 Å². The second-order valence-corrected chi connectivity index (χ2v) is 6.10. The fourth-order valence-corrected chi connectivity index (χ4v) is 3.72. The van der Waals surface area contributed by atoms with Crippen LogP contribution in [0.1, 0.15) is 36.5 Å². The van der Waals surface area contributed by atoms with Crippen LogP contribution in [0.3, 0.4) is 0 Å². The van der Waals surface area contributed by atoms with Gasteiger partial charge in [0.05, 0.1) is 6.04 Å². The van der Waals surface area contributed by atoms with Crippen LogP contribution in [0.25, 0.3) is 0 Å². The summed E-state index contributed by atoms with van der Waals surface area (Å²) in [4.78, 5) is 32.4. The van der Waals surface area contributed by atoms with E-state index in [0.717, 1.165) is 30.1 Å². The topological polar surface area (TPSA) is 53.5 Å². The molecule has 3 rings (SSSR count). The Morgan fingerprint density at radius 1 is 1.47 bits per heavy atom. The number of carbonyl (C=O) groups is 2. The molecule has 0 aliphatic carbocycles. The molecule has 2 aliphatic heterocycles. The SMILES string of the molecule is Cc1csc(C(C)N2CC(=O)N3CCCC3C2=O)n1. The maximum atomic E-state index is 12.5. The van der Waals surface area contributed by atoms with E-state index in [1.165, 1.54) is 0 Å². The van der Waals surface area contributed by atoms with E-state index < -0.39 is 0 Å². The minimum absolute atomic E-state index is 0.0715. The van der Waals surface area contributed by atoms with Crippen molar-refractivity contribution in [3.8, 4) is 0 Å². The summed E-state index contributed by atoms with van der Waals surface area (Å²) >= 11 is 1.55. The van der Waals surface area contributed by atoms with E-state index in [4.69, 9.17) is 0 Å². The van der Waals surface area contributed by atoms with Crippen molar-refractivity contribution in [3.63, 3.8) is 0 Å². The van der Waals surface area contributed by atoms with Crippen LogP contribution in [-0.2, 0) is 9.59 Å². The van der Waals surface area contributed by atoms with Crippen molar-refractivity contribution in [1.29, 1.82) is 0 Å². The monoisotopic (exact) mass is 279 g/mol. The zero-order chi connectivity index (χ0) is 13.6. The molecule has 2 aliphatic rings. The third kappa shape index (κ3) is 2.04. The number of aryl methyl sites for hydroxylation is 1. The zero-order valence-corrected chi connectivity index (χ0v) is 11.9. The highest BCUT2D eigenvalue weighted by atomic mass is 32.1. The Hall–Kier alpha value is -1.43. The number of nitrogens with zero attached hydrogens (tertiary/aromatic N) is 3. The Balaban J connectivity index is 1.84. The molecule has 0 bridgehead atoms. The van der Waals surface area contributed by atoms with Crippen molar-refractivity contribution in [2.45, 2.75) is 38.8 Å². The van der Waals surface area contributed by atoms with Crippen LogP contribution >= 0.6 is 11.3 Å². The van der Waals surface area contributed by atoms with Gasteiger partial charge in [0.1, 0.15) is 17.6 Å². The molecule has 2 amide bonds. The van der Waals surface area contributed by atoms with Crippen molar-refractivity contribution in [2.24, 2.45) is 0 Å². The summed E-state index contributed by atoms with van der Waals surface area (Å²) in [6.07, 6.45) is 1.73. The quantitative estimate of drug-likeness (QED) is 0.821. The first-order valence-electron chi connectivity index (χ1n) is 6.60. The molecule has 0 aromatic carbocycles. The second kappa shape index (κ2) is 4.59. The van der Waals surface area contributed by atoms with Gasteiger partial charge in [0.15, 0.2) is 0 Å². The molecule has 3 heterocycles. The maximum Gasteiger partial charge on any atom is 0.246 e. The number of aromatic nitrogens is 1. The standard InChI is InChI=1S/C13H17N3O2S/c1-8-7-19-12(14-8)9(2)16-6-11(17)15-5-3-4-10(15)13(16)18/h7,9-10H,3-6H2,1-2H3. The first-order chi connectivity index (χ1) is 9.08. The lowest BCUT2D eigenvalue weighted by Gasteiger charge is -2.38. The van der Waals surface area contributed by atoms with Crippen LogP contribution in [0.2, 0.25) is 0 Å². The van der Waals surface area contributed by atoms with Gasteiger partial charge in [-0.1, -0.05) is 0 Å². The highest BCUT2D eigenvalue weighted by Crippen LogP contribution is 2.30. The van der Waals surface area contributed by atoms with Gasteiger partial charge in [-0.25, -0.2) is 4.98 Å². The molecule has 0 N–H and O–H groups in total. The van der Waals surface area contributed by atoms with Crippen molar-refractivity contribution in [3.05, 3.63) is 16.1 Å². The van der Waals surface area contributed by atoms with Gasteiger partial charge in [0.25, 0.3) is 0 Å². The number of fused-ring (bicyclic) bond motifs is 1. The van der Waals surface area contributed by atoms with Crippen molar-refractivity contribution in [2.75, 3.05) is 13.1 Å². The molecule has 102 valence electrons. The largest absolute Gasteiger partial charge is 0.329 e. The third-order valence-electron chi connectivity index (χ3n) is 3.91. The number of hydrogen-bond donors (Lipinski definition) is 0. The Labute approximate surface area is 116 Å². The number of rotatable bonds is 2. The number of carbonyl (C=O) groups excluding carboxylic acids is 2. The molecule has 0 spiro atoms. The summed E-state index contributed by atoms with van der Waals surface area (Å²) in [5, 5.41) is 2.88. The Morgan fingerprint density at radius 2 is 2.26 bits per heavy atom. The highest BCUT2D eigenvalue weighted by Gasteiger charge is 2.43. The predicted octanol–water partition coefficient (Wildman–Crippen LogP) is 1.35. The normalized spacial score (nSPS) is 24.8. The summed E-state index contributed by atoms with van der Waals surface area (Å²) in [6, 6.07) is -0.345. The van der Waals surface area contributed by atoms with Crippen LogP contribution in [0.5, 0.6) is 0 Å². The average Bonchev–Trinajstić information content (AvgIpc) is 3.01. The number of hydrogen-bond acceptors (Lipinski definition) is 4. The van der Waals surface area contributed by atoms with Gasteiger partial charge < -0.3 is 9.80 Å². The van der Waals surface area contributed by atoms with Crippen LogP contribution in [0, 0.1) is 6.92 Å². The minimum Gasteiger partial charge on any atom is -0.329 e. The smallest absolute Gasteiger partial charge is 0.246 e. The Morgan fingerprint density at radius 3 is 2.95 bits per heavy atom. The Bertz CT molecular complexity index is 528. The van der Waals surface area contributed by atoms with E-state index in [0.29, 0.717) is 0 Å². The van der Waals surface area contributed by atoms with Crippen LogP contribution in [-0.4, -0.2) is 45.7 Å². The van der Waals surface area contributed by atoms with Gasteiger partial charge in [0, 0.05) is 17.6 Å². The number of thiazole rings is 1. The second-order valence-electron chi connectivity index (χ2n) is 5.21. The molecule has 1 aromatic heterocycles. The van der Waals surface area contributed by atoms with Gasteiger partial charge in [-0.3, -0.25) is 9.59 Å². The fourth-order valence-electron chi connectivity index (χ4n) is 2.85. The molecule has 1 aromatic rings. The summed E-state index contributed by atoms with van der Waals surface area (Å²) in [7, 11) is 0. The molecule has 2 unspecified atom stereocenters. The summed E-state index contributed by atoms with van der Waals surface area (Å²) in [6.45, 7) is 4.81. The highest BCUT2D eigenvalue weighted by molar-refractivity contribution is 7.09. The van der Waals surface area contributed by atoms with E-state index >= 15 is 0 Å². The molecular weight excluding hydrogens is 262 g/mol. The maximum absolute atomic E-state index is 12.5. The summed E-state index contributed by atoms with van der Waals surface area (Å²) in [5.74, 6) is 0.152. The van der Waals surface area contributed by atoms with Gasteiger partial charge in [0.2, 0.25) is 11.8 Å².